The topological polar surface area (TPSA) is 42.4 Å². The zero-order chi connectivity index (χ0) is 11.2. The van der Waals surface area contributed by atoms with Gasteiger partial charge in [-0.05, 0) is 30.2 Å². The number of ether oxygens (including phenoxy) is 1. The van der Waals surface area contributed by atoms with Gasteiger partial charge in [0.25, 0.3) is 0 Å². The number of aliphatic hydroxyl groups excluding tert-OH is 1. The number of pyridine rings is 1. The Kier molecular flexibility index (Phi) is 3.51. The van der Waals surface area contributed by atoms with Crippen LogP contribution in [0.4, 0.5) is 0 Å². The van der Waals surface area contributed by atoms with Gasteiger partial charge in [0.2, 0.25) is 5.88 Å². The van der Waals surface area contributed by atoms with Gasteiger partial charge < -0.3 is 9.84 Å². The molecular formula is C13H13NO2. The highest BCUT2D eigenvalue weighted by Crippen LogP contribution is 2.19. The maximum atomic E-state index is 8.78. The Labute approximate surface area is 94.3 Å². The van der Waals surface area contributed by atoms with Crippen LogP contribution in [0.15, 0.2) is 48.7 Å². The van der Waals surface area contributed by atoms with E-state index in [-0.39, 0.29) is 6.61 Å². The number of hydrogen-bond acceptors (Lipinski definition) is 3. The van der Waals surface area contributed by atoms with Crippen molar-refractivity contribution in [1.29, 1.82) is 0 Å². The van der Waals surface area contributed by atoms with Crippen LogP contribution in [0.25, 0.3) is 0 Å². The molecule has 16 heavy (non-hydrogen) atoms. The number of nitrogens with zero attached hydrogens (tertiary/aromatic N) is 1. The number of rotatable bonds is 4. The molecule has 0 radical (unpaired) electrons. The Morgan fingerprint density at radius 1 is 1.06 bits per heavy atom. The second-order valence-electron chi connectivity index (χ2n) is 3.39. The Morgan fingerprint density at radius 2 is 1.88 bits per heavy atom. The largest absolute Gasteiger partial charge is 0.439 e. The van der Waals surface area contributed by atoms with Gasteiger partial charge in [0.05, 0.1) is 0 Å². The Balaban J connectivity index is 2.05. The molecule has 0 atom stereocenters. The third kappa shape index (κ3) is 2.81. The molecule has 82 valence electrons. The number of benzene rings is 1. The van der Waals surface area contributed by atoms with Crippen LogP contribution in [0.2, 0.25) is 0 Å². The average Bonchev–Trinajstić information content (AvgIpc) is 2.33. The lowest BCUT2D eigenvalue weighted by Gasteiger charge is -2.04. The molecule has 0 fully saturated rings. The minimum absolute atomic E-state index is 0.167. The Morgan fingerprint density at radius 3 is 2.50 bits per heavy atom. The van der Waals surface area contributed by atoms with Gasteiger partial charge in [-0.25, -0.2) is 4.98 Å². The number of aliphatic hydroxyl groups is 1. The van der Waals surface area contributed by atoms with Crippen molar-refractivity contribution in [2.75, 3.05) is 6.61 Å². The summed E-state index contributed by atoms with van der Waals surface area (Å²) in [6.45, 7) is 0.167. The Hall–Kier alpha value is -1.87. The summed E-state index contributed by atoms with van der Waals surface area (Å²) >= 11 is 0. The van der Waals surface area contributed by atoms with E-state index in [2.05, 4.69) is 4.98 Å². The van der Waals surface area contributed by atoms with Crippen molar-refractivity contribution in [3.8, 4) is 11.6 Å². The van der Waals surface area contributed by atoms with Gasteiger partial charge in [0.1, 0.15) is 5.75 Å². The summed E-state index contributed by atoms with van der Waals surface area (Å²) in [4.78, 5) is 4.07. The minimum atomic E-state index is 0.167. The molecule has 0 aliphatic rings. The predicted molar refractivity (Wildman–Crippen MR) is 61.5 cm³/mol. The molecule has 3 nitrogen and oxygen atoms in total. The molecule has 0 saturated carbocycles. The van der Waals surface area contributed by atoms with Crippen LogP contribution in [0.5, 0.6) is 11.6 Å². The fourth-order valence-electron chi connectivity index (χ4n) is 1.38. The minimum Gasteiger partial charge on any atom is -0.439 e. The van der Waals surface area contributed by atoms with Gasteiger partial charge in [0.15, 0.2) is 0 Å². The molecule has 0 aliphatic carbocycles. The first-order valence-corrected chi connectivity index (χ1v) is 5.17. The summed E-state index contributed by atoms with van der Waals surface area (Å²) in [5, 5.41) is 8.78. The van der Waals surface area contributed by atoms with Gasteiger partial charge in [-0.15, -0.1) is 0 Å². The third-order valence-corrected chi connectivity index (χ3v) is 2.18. The maximum absolute atomic E-state index is 8.78. The second kappa shape index (κ2) is 5.28. The molecule has 0 spiro atoms. The summed E-state index contributed by atoms with van der Waals surface area (Å²) in [6.07, 6.45) is 2.36. The van der Waals surface area contributed by atoms with Crippen LogP contribution < -0.4 is 4.74 Å². The lowest BCUT2D eigenvalue weighted by atomic mass is 10.1. The van der Waals surface area contributed by atoms with Crippen LogP contribution in [0.1, 0.15) is 5.56 Å². The van der Waals surface area contributed by atoms with Crippen molar-refractivity contribution in [1.82, 2.24) is 4.98 Å². The lowest BCUT2D eigenvalue weighted by Crippen LogP contribution is -1.91. The van der Waals surface area contributed by atoms with E-state index in [1.807, 2.05) is 42.5 Å². The summed E-state index contributed by atoms with van der Waals surface area (Å²) in [5.41, 5.74) is 1.09. The average molecular weight is 215 g/mol. The standard InChI is InChI=1S/C13H13NO2/c15-10-8-11-4-6-12(7-5-11)16-13-3-1-2-9-14-13/h1-7,9,15H,8,10H2. The third-order valence-electron chi connectivity index (χ3n) is 2.18. The van der Waals surface area contributed by atoms with E-state index in [1.165, 1.54) is 0 Å². The van der Waals surface area contributed by atoms with Crippen molar-refractivity contribution in [3.05, 3.63) is 54.2 Å². The normalized spacial score (nSPS) is 10.1. The molecule has 3 heteroatoms. The molecule has 1 aromatic heterocycles. The Bertz CT molecular complexity index is 425. The van der Waals surface area contributed by atoms with Crippen LogP contribution in [0, 0.1) is 0 Å². The van der Waals surface area contributed by atoms with E-state index in [0.29, 0.717) is 12.3 Å². The van der Waals surface area contributed by atoms with Crippen LogP contribution in [-0.4, -0.2) is 16.7 Å². The first-order valence-electron chi connectivity index (χ1n) is 5.17. The molecule has 1 aromatic carbocycles. The summed E-state index contributed by atoms with van der Waals surface area (Å²) < 4.78 is 5.54. The molecule has 1 N–H and O–H groups in total. The first-order chi connectivity index (χ1) is 7.88. The molecule has 0 amide bonds. The highest BCUT2D eigenvalue weighted by atomic mass is 16.5. The summed E-state index contributed by atoms with van der Waals surface area (Å²) in [7, 11) is 0. The highest BCUT2D eigenvalue weighted by Gasteiger charge is 1.97. The predicted octanol–water partition coefficient (Wildman–Crippen LogP) is 2.41. The monoisotopic (exact) mass is 215 g/mol. The SMILES string of the molecule is OCCc1ccc(Oc2ccccn2)cc1. The fourth-order valence-corrected chi connectivity index (χ4v) is 1.38. The smallest absolute Gasteiger partial charge is 0.219 e. The van der Waals surface area contributed by atoms with E-state index >= 15 is 0 Å². The zero-order valence-electron chi connectivity index (χ0n) is 8.84. The molecule has 2 rings (SSSR count). The molecule has 0 saturated heterocycles. The van der Waals surface area contributed by atoms with Crippen LogP contribution in [0.3, 0.4) is 0 Å². The van der Waals surface area contributed by atoms with E-state index < -0.39 is 0 Å². The fraction of sp³-hybridized carbons (Fsp3) is 0.154. The first kappa shape index (κ1) is 10.6. The zero-order valence-corrected chi connectivity index (χ0v) is 8.84. The van der Waals surface area contributed by atoms with Crippen molar-refractivity contribution in [2.45, 2.75) is 6.42 Å². The molecule has 0 bridgehead atoms. The molecule has 0 unspecified atom stereocenters. The number of hydrogen-bond donors (Lipinski definition) is 1. The van der Waals surface area contributed by atoms with Crippen LogP contribution >= 0.6 is 0 Å². The quantitative estimate of drug-likeness (QED) is 0.851. The van der Waals surface area contributed by atoms with Crippen molar-refractivity contribution >= 4 is 0 Å². The van der Waals surface area contributed by atoms with Crippen molar-refractivity contribution in [3.63, 3.8) is 0 Å². The molecule has 1 heterocycles. The van der Waals surface area contributed by atoms with Gasteiger partial charge in [-0.1, -0.05) is 18.2 Å². The number of aromatic nitrogens is 1. The van der Waals surface area contributed by atoms with Gasteiger partial charge in [-0.2, -0.15) is 0 Å². The molecular weight excluding hydrogens is 202 g/mol. The van der Waals surface area contributed by atoms with Crippen molar-refractivity contribution in [2.24, 2.45) is 0 Å². The lowest BCUT2D eigenvalue weighted by molar-refractivity contribution is 0.299. The highest BCUT2D eigenvalue weighted by molar-refractivity contribution is 5.30. The van der Waals surface area contributed by atoms with Gasteiger partial charge in [-0.3, -0.25) is 0 Å². The molecule has 2 aromatic rings. The van der Waals surface area contributed by atoms with Gasteiger partial charge >= 0.3 is 0 Å². The van der Waals surface area contributed by atoms with Crippen molar-refractivity contribution < 1.29 is 9.84 Å². The van der Waals surface area contributed by atoms with E-state index in [1.54, 1.807) is 6.20 Å². The van der Waals surface area contributed by atoms with E-state index in [0.717, 1.165) is 11.3 Å². The van der Waals surface area contributed by atoms with Crippen LogP contribution in [-0.2, 0) is 6.42 Å². The summed E-state index contributed by atoms with van der Waals surface area (Å²) in [6, 6.07) is 13.2. The summed E-state index contributed by atoms with van der Waals surface area (Å²) in [5.74, 6) is 1.33. The maximum Gasteiger partial charge on any atom is 0.219 e. The molecule has 0 aliphatic heterocycles. The second-order valence-corrected chi connectivity index (χ2v) is 3.39. The van der Waals surface area contributed by atoms with Gasteiger partial charge in [0, 0.05) is 18.9 Å². The van der Waals surface area contributed by atoms with E-state index in [9.17, 15) is 0 Å². The van der Waals surface area contributed by atoms with E-state index in [4.69, 9.17) is 9.84 Å².